The van der Waals surface area contributed by atoms with Crippen LogP contribution in [0.25, 0.3) is 11.8 Å². The third kappa shape index (κ3) is 6.66. The summed E-state index contributed by atoms with van der Waals surface area (Å²) in [7, 11) is 2.20. The molecule has 1 aliphatic heterocycles. The zero-order valence-corrected chi connectivity index (χ0v) is 18.6. The highest BCUT2D eigenvalue weighted by Gasteiger charge is 2.17. The summed E-state index contributed by atoms with van der Waals surface area (Å²) >= 11 is 0. The molecule has 0 amide bonds. The summed E-state index contributed by atoms with van der Waals surface area (Å²) in [6, 6.07) is 4.19. The topological polar surface area (TPSA) is 56.8 Å². The van der Waals surface area contributed by atoms with E-state index in [2.05, 4.69) is 57.7 Å². The molecule has 0 radical (unpaired) electrons. The highest BCUT2D eigenvalue weighted by atomic mass is 15.1. The number of nitrogens with zero attached hydrogens (tertiary/aromatic N) is 3. The Morgan fingerprint density at radius 3 is 2.74 bits per heavy atom. The normalized spacial score (nSPS) is 16.3. The Labute approximate surface area is 186 Å². The van der Waals surface area contributed by atoms with Gasteiger partial charge < -0.3 is 10.2 Å². The van der Waals surface area contributed by atoms with Gasteiger partial charge in [-0.05, 0) is 69.9 Å². The first-order valence-corrected chi connectivity index (χ1v) is 10.9. The average Bonchev–Trinajstić information content (AvgIpc) is 3.26. The maximum absolute atomic E-state index is 4.67. The number of H-pyrrole nitrogens is 1. The Bertz CT molecular complexity index is 954. The Balaban J connectivity index is 1.60. The number of aromatic amines is 1. The molecule has 0 atom stereocenters. The molecule has 1 aliphatic rings. The van der Waals surface area contributed by atoms with Gasteiger partial charge in [-0.2, -0.15) is 5.10 Å². The van der Waals surface area contributed by atoms with E-state index in [1.807, 2.05) is 43.5 Å². The van der Waals surface area contributed by atoms with Gasteiger partial charge in [0.1, 0.15) is 0 Å². The van der Waals surface area contributed by atoms with Crippen LogP contribution in [0.3, 0.4) is 0 Å². The number of anilines is 1. The number of likely N-dealkylation sites (tertiary alicyclic amines) is 1. The maximum Gasteiger partial charge on any atom is 0.0878 e. The van der Waals surface area contributed by atoms with E-state index in [1.54, 1.807) is 12.3 Å². The minimum atomic E-state index is 0.736. The fraction of sp³-hybridized carbons (Fsp3) is 0.308. The highest BCUT2D eigenvalue weighted by Crippen LogP contribution is 2.22. The van der Waals surface area contributed by atoms with Gasteiger partial charge in [0.05, 0.1) is 29.5 Å². The third-order valence-electron chi connectivity index (χ3n) is 5.64. The first-order chi connectivity index (χ1) is 15.1. The van der Waals surface area contributed by atoms with Crippen molar-refractivity contribution >= 4 is 17.5 Å². The number of aromatic nitrogens is 3. The monoisotopic (exact) mass is 415 g/mol. The molecule has 5 heteroatoms. The Morgan fingerprint density at radius 1 is 1.26 bits per heavy atom. The molecular formula is C26H33N5. The lowest BCUT2D eigenvalue weighted by Gasteiger charge is -2.28. The molecule has 31 heavy (non-hydrogen) atoms. The van der Waals surface area contributed by atoms with Gasteiger partial charge in [-0.25, -0.2) is 0 Å². The third-order valence-corrected chi connectivity index (χ3v) is 5.64. The van der Waals surface area contributed by atoms with Crippen molar-refractivity contribution < 1.29 is 0 Å². The Hall–Kier alpha value is -3.18. The molecule has 1 saturated heterocycles. The fourth-order valence-electron chi connectivity index (χ4n) is 3.69. The molecule has 5 nitrogen and oxygen atoms in total. The quantitative estimate of drug-likeness (QED) is 0.533. The predicted molar refractivity (Wildman–Crippen MR) is 132 cm³/mol. The molecule has 0 aromatic carbocycles. The van der Waals surface area contributed by atoms with Gasteiger partial charge in [0.25, 0.3) is 0 Å². The minimum Gasteiger partial charge on any atom is -0.353 e. The largest absolute Gasteiger partial charge is 0.353 e. The molecule has 2 aromatic heterocycles. The fourth-order valence-corrected chi connectivity index (χ4v) is 3.69. The lowest BCUT2D eigenvalue weighted by atomic mass is 9.92. The lowest BCUT2D eigenvalue weighted by molar-refractivity contribution is 0.218. The summed E-state index contributed by atoms with van der Waals surface area (Å²) in [6.45, 7) is 12.3. The van der Waals surface area contributed by atoms with E-state index in [9.17, 15) is 0 Å². The van der Waals surface area contributed by atoms with Crippen LogP contribution < -0.4 is 5.32 Å². The van der Waals surface area contributed by atoms with Crippen LogP contribution in [0.15, 0.2) is 73.6 Å². The molecule has 1 fully saturated rings. The molecule has 0 bridgehead atoms. The van der Waals surface area contributed by atoms with Crippen LogP contribution in [0.5, 0.6) is 0 Å². The summed E-state index contributed by atoms with van der Waals surface area (Å²) in [5, 5.41) is 10.6. The standard InChI is InChI=1S/C26H33N5/c1-5-7-8-21(6-2)9-10-23-18-28-30-26(23)20(3)29-25-12-11-24(27-19-25)17-22-13-15-31(4)16-14-22/h5-12,18-19,22,29H,1,3,13-17H2,2,4H3,(H,28,30)/b8-7-,10-9+,21-6+. The summed E-state index contributed by atoms with van der Waals surface area (Å²) in [4.78, 5) is 7.07. The molecule has 162 valence electrons. The molecule has 0 spiro atoms. The molecule has 3 heterocycles. The van der Waals surface area contributed by atoms with Gasteiger partial charge in [-0.3, -0.25) is 10.1 Å². The van der Waals surface area contributed by atoms with Crippen molar-refractivity contribution in [2.45, 2.75) is 26.2 Å². The van der Waals surface area contributed by atoms with E-state index >= 15 is 0 Å². The second-order valence-electron chi connectivity index (χ2n) is 8.01. The van der Waals surface area contributed by atoms with Gasteiger partial charge in [0, 0.05) is 11.3 Å². The number of nitrogens with one attached hydrogen (secondary N) is 2. The molecular weight excluding hydrogens is 382 g/mol. The van der Waals surface area contributed by atoms with E-state index < -0.39 is 0 Å². The van der Waals surface area contributed by atoms with Gasteiger partial charge in [0.15, 0.2) is 0 Å². The first kappa shape index (κ1) is 22.5. The Kier molecular flexibility index (Phi) is 8.19. The first-order valence-electron chi connectivity index (χ1n) is 10.9. The molecule has 2 N–H and O–H groups in total. The van der Waals surface area contributed by atoms with E-state index in [4.69, 9.17) is 0 Å². The van der Waals surface area contributed by atoms with Crippen molar-refractivity contribution in [3.05, 3.63) is 90.6 Å². The van der Waals surface area contributed by atoms with Gasteiger partial charge in [-0.1, -0.05) is 49.6 Å². The van der Waals surface area contributed by atoms with Crippen molar-refractivity contribution in [2.75, 3.05) is 25.5 Å². The molecule has 0 aliphatic carbocycles. The van der Waals surface area contributed by atoms with Crippen LogP contribution in [0, 0.1) is 5.92 Å². The van der Waals surface area contributed by atoms with E-state index in [1.165, 1.54) is 25.9 Å². The lowest BCUT2D eigenvalue weighted by Crippen LogP contribution is -2.31. The predicted octanol–water partition coefficient (Wildman–Crippen LogP) is 5.47. The smallest absolute Gasteiger partial charge is 0.0878 e. The molecule has 0 saturated carbocycles. The van der Waals surface area contributed by atoms with Crippen LogP contribution in [-0.4, -0.2) is 40.2 Å². The zero-order valence-electron chi connectivity index (χ0n) is 18.6. The van der Waals surface area contributed by atoms with Crippen molar-refractivity contribution in [1.82, 2.24) is 20.1 Å². The number of piperidine rings is 1. The van der Waals surface area contributed by atoms with Crippen LogP contribution in [0.4, 0.5) is 5.69 Å². The van der Waals surface area contributed by atoms with Crippen molar-refractivity contribution in [3.63, 3.8) is 0 Å². The number of hydrogen-bond acceptors (Lipinski definition) is 4. The molecule has 2 aromatic rings. The molecule has 0 unspecified atom stereocenters. The molecule has 3 rings (SSSR count). The van der Waals surface area contributed by atoms with E-state index in [-0.39, 0.29) is 0 Å². The van der Waals surface area contributed by atoms with Crippen LogP contribution in [-0.2, 0) is 6.42 Å². The van der Waals surface area contributed by atoms with Gasteiger partial charge >= 0.3 is 0 Å². The summed E-state index contributed by atoms with van der Waals surface area (Å²) in [6.07, 6.45) is 19.0. The van der Waals surface area contributed by atoms with E-state index in [0.717, 1.165) is 46.2 Å². The highest BCUT2D eigenvalue weighted by molar-refractivity contribution is 5.78. The summed E-state index contributed by atoms with van der Waals surface area (Å²) in [5.41, 5.74) is 5.75. The summed E-state index contributed by atoms with van der Waals surface area (Å²) < 4.78 is 0. The second-order valence-corrected chi connectivity index (χ2v) is 8.01. The Morgan fingerprint density at radius 2 is 2.06 bits per heavy atom. The van der Waals surface area contributed by atoms with Gasteiger partial charge in [-0.15, -0.1) is 0 Å². The van der Waals surface area contributed by atoms with E-state index in [0.29, 0.717) is 0 Å². The zero-order chi connectivity index (χ0) is 22.1. The number of allylic oxidation sites excluding steroid dienone is 6. The van der Waals surface area contributed by atoms with Crippen LogP contribution in [0.1, 0.15) is 36.7 Å². The summed E-state index contributed by atoms with van der Waals surface area (Å²) in [5.74, 6) is 0.736. The number of pyridine rings is 1. The van der Waals surface area contributed by atoms with Crippen molar-refractivity contribution in [3.8, 4) is 0 Å². The number of rotatable bonds is 9. The maximum atomic E-state index is 4.67. The van der Waals surface area contributed by atoms with Crippen LogP contribution in [0.2, 0.25) is 0 Å². The van der Waals surface area contributed by atoms with Gasteiger partial charge in [0.2, 0.25) is 0 Å². The van der Waals surface area contributed by atoms with Crippen LogP contribution >= 0.6 is 0 Å². The van der Waals surface area contributed by atoms with Crippen molar-refractivity contribution in [2.24, 2.45) is 5.92 Å². The minimum absolute atomic E-state index is 0.736. The SMILES string of the molecule is C=C\C=C/C(/C=C/c1cn[nH]c1C(=C)Nc1ccc(CC2CCN(C)CC2)nc1)=C\C. The number of hydrogen-bond donors (Lipinski definition) is 2. The second kappa shape index (κ2) is 11.3. The van der Waals surface area contributed by atoms with Crippen molar-refractivity contribution in [1.29, 1.82) is 0 Å². The average molecular weight is 416 g/mol.